The molecule has 1 aromatic heterocycles. The Hall–Kier alpha value is -0.940. The number of amides is 1. The van der Waals surface area contributed by atoms with Gasteiger partial charge in [0.2, 0.25) is 0 Å². The lowest BCUT2D eigenvalue weighted by atomic mass is 10.2. The monoisotopic (exact) mass is 312 g/mol. The number of alkyl halides is 1. The van der Waals surface area contributed by atoms with Crippen LogP contribution in [0.3, 0.4) is 0 Å². The average Bonchev–Trinajstić information content (AvgIpc) is 2.78. The van der Waals surface area contributed by atoms with Crippen LogP contribution in [0.2, 0.25) is 0 Å². The largest absolute Gasteiger partial charge is 0.340 e. The van der Waals surface area contributed by atoms with E-state index in [0.29, 0.717) is 5.69 Å². The number of aromatic nitrogens is 1. The van der Waals surface area contributed by atoms with Crippen LogP contribution < -0.4 is 0 Å². The van der Waals surface area contributed by atoms with E-state index in [-0.39, 0.29) is 5.91 Å². The van der Waals surface area contributed by atoms with Crippen LogP contribution in [0.25, 0.3) is 10.1 Å². The molecule has 0 N–H and O–H groups in total. The maximum atomic E-state index is 12.2. The summed E-state index contributed by atoms with van der Waals surface area (Å²) < 4.78 is 5.32. The first kappa shape index (κ1) is 12.5. The molecule has 0 aliphatic rings. The lowest BCUT2D eigenvalue weighted by Gasteiger charge is -2.15. The summed E-state index contributed by atoms with van der Waals surface area (Å²) in [5.41, 5.74) is 0.572. The van der Waals surface area contributed by atoms with Crippen molar-refractivity contribution in [3.05, 3.63) is 30.0 Å². The Bertz CT molecular complexity index is 526. The van der Waals surface area contributed by atoms with Gasteiger partial charge in [-0.2, -0.15) is 4.37 Å². The van der Waals surface area contributed by atoms with E-state index >= 15 is 0 Å². The third-order valence-corrected chi connectivity index (χ3v) is 3.94. The minimum absolute atomic E-state index is 0.00315. The van der Waals surface area contributed by atoms with Gasteiger partial charge in [-0.25, -0.2) is 0 Å². The molecular weight excluding hydrogens is 300 g/mol. The molecule has 0 radical (unpaired) electrons. The quantitative estimate of drug-likeness (QED) is 0.813. The fraction of sp³-hybridized carbons (Fsp3) is 0.333. The van der Waals surface area contributed by atoms with Gasteiger partial charge in [0, 0.05) is 24.3 Å². The number of hydrogen-bond acceptors (Lipinski definition) is 3. The normalized spacial score (nSPS) is 10.7. The predicted octanol–water partition coefficient (Wildman–Crippen LogP) is 3.15. The second kappa shape index (κ2) is 5.60. The number of halogens is 1. The second-order valence-corrected chi connectivity index (χ2v) is 5.39. The summed E-state index contributed by atoms with van der Waals surface area (Å²) in [7, 11) is 1.82. The molecule has 0 bridgehead atoms. The highest BCUT2D eigenvalue weighted by molar-refractivity contribution is 9.09. The van der Waals surface area contributed by atoms with E-state index in [9.17, 15) is 4.79 Å². The molecule has 1 heterocycles. The zero-order valence-electron chi connectivity index (χ0n) is 9.52. The predicted molar refractivity (Wildman–Crippen MR) is 75.0 cm³/mol. The molecule has 0 atom stereocenters. The maximum absolute atomic E-state index is 12.2. The van der Waals surface area contributed by atoms with Gasteiger partial charge in [0.15, 0.2) is 0 Å². The summed E-state index contributed by atoms with van der Waals surface area (Å²) in [4.78, 5) is 13.9. The van der Waals surface area contributed by atoms with Crippen molar-refractivity contribution in [3.63, 3.8) is 0 Å². The smallest absolute Gasteiger partial charge is 0.273 e. The van der Waals surface area contributed by atoms with E-state index in [1.165, 1.54) is 11.5 Å². The Kier molecular flexibility index (Phi) is 4.12. The van der Waals surface area contributed by atoms with Crippen LogP contribution in [0.15, 0.2) is 24.3 Å². The summed E-state index contributed by atoms with van der Waals surface area (Å²) in [6.45, 7) is 0.746. The Morgan fingerprint density at radius 2 is 2.24 bits per heavy atom. The molecular formula is C12H13BrN2OS. The van der Waals surface area contributed by atoms with Gasteiger partial charge in [-0.05, 0) is 24.0 Å². The Morgan fingerprint density at radius 1 is 1.47 bits per heavy atom. The van der Waals surface area contributed by atoms with E-state index in [2.05, 4.69) is 20.3 Å². The molecule has 0 aliphatic heterocycles. The summed E-state index contributed by atoms with van der Waals surface area (Å²) >= 11 is 4.74. The number of rotatable bonds is 4. The summed E-state index contributed by atoms with van der Waals surface area (Å²) in [5, 5.41) is 1.86. The highest BCUT2D eigenvalue weighted by atomic mass is 79.9. The SMILES string of the molecule is CN(CCCBr)C(=O)c1nsc2ccccc12. The minimum Gasteiger partial charge on any atom is -0.340 e. The molecule has 2 rings (SSSR count). The fourth-order valence-corrected chi connectivity index (χ4v) is 2.64. The second-order valence-electron chi connectivity index (χ2n) is 3.80. The van der Waals surface area contributed by atoms with Gasteiger partial charge in [0.25, 0.3) is 5.91 Å². The van der Waals surface area contributed by atoms with Crippen molar-refractivity contribution in [2.24, 2.45) is 0 Å². The van der Waals surface area contributed by atoms with Gasteiger partial charge in [-0.1, -0.05) is 34.1 Å². The first-order chi connectivity index (χ1) is 8.24. The molecule has 3 nitrogen and oxygen atoms in total. The number of hydrogen-bond donors (Lipinski definition) is 0. The zero-order valence-corrected chi connectivity index (χ0v) is 11.9. The molecule has 2 aromatic rings. The first-order valence-electron chi connectivity index (χ1n) is 5.40. The number of nitrogens with zero attached hydrogens (tertiary/aromatic N) is 2. The van der Waals surface area contributed by atoms with Gasteiger partial charge in [-0.15, -0.1) is 0 Å². The van der Waals surface area contributed by atoms with Gasteiger partial charge >= 0.3 is 0 Å². The van der Waals surface area contributed by atoms with Crippen LogP contribution in [0, 0.1) is 0 Å². The van der Waals surface area contributed by atoms with Crippen LogP contribution in [0.5, 0.6) is 0 Å². The molecule has 0 spiro atoms. The average molecular weight is 313 g/mol. The molecule has 90 valence electrons. The van der Waals surface area contributed by atoms with Crippen LogP contribution in [0.1, 0.15) is 16.9 Å². The molecule has 0 saturated heterocycles. The number of fused-ring (bicyclic) bond motifs is 1. The Morgan fingerprint density at radius 3 is 3.00 bits per heavy atom. The van der Waals surface area contributed by atoms with Crippen LogP contribution >= 0.6 is 27.5 Å². The van der Waals surface area contributed by atoms with Gasteiger partial charge in [0.05, 0.1) is 4.70 Å². The van der Waals surface area contributed by atoms with E-state index in [0.717, 1.165) is 28.4 Å². The van der Waals surface area contributed by atoms with Crippen molar-refractivity contribution in [2.45, 2.75) is 6.42 Å². The third kappa shape index (κ3) is 2.66. The highest BCUT2D eigenvalue weighted by Gasteiger charge is 2.17. The van der Waals surface area contributed by atoms with Crippen LogP contribution in [-0.4, -0.2) is 34.1 Å². The molecule has 1 aromatic carbocycles. The summed E-state index contributed by atoms with van der Waals surface area (Å²) in [5.74, 6) is 0.00315. The number of benzene rings is 1. The third-order valence-electron chi connectivity index (χ3n) is 2.55. The van der Waals surface area contributed by atoms with E-state index in [1.807, 2.05) is 31.3 Å². The maximum Gasteiger partial charge on any atom is 0.273 e. The van der Waals surface area contributed by atoms with Crippen molar-refractivity contribution in [1.82, 2.24) is 9.27 Å². The highest BCUT2D eigenvalue weighted by Crippen LogP contribution is 2.23. The molecule has 1 amide bonds. The standard InChI is InChI=1S/C12H13BrN2OS/c1-15(8-4-7-13)12(16)11-9-5-2-3-6-10(9)17-14-11/h2-3,5-6H,4,7-8H2,1H3. The molecule has 17 heavy (non-hydrogen) atoms. The van der Waals surface area contributed by atoms with Crippen molar-refractivity contribution < 1.29 is 4.79 Å². The lowest BCUT2D eigenvalue weighted by Crippen LogP contribution is -2.28. The molecule has 5 heteroatoms. The van der Waals surface area contributed by atoms with Gasteiger partial charge in [-0.3, -0.25) is 4.79 Å². The van der Waals surface area contributed by atoms with Crippen molar-refractivity contribution in [2.75, 3.05) is 18.9 Å². The number of carbonyl (C=O) groups excluding carboxylic acids is 1. The summed E-state index contributed by atoms with van der Waals surface area (Å²) in [6.07, 6.45) is 0.949. The summed E-state index contributed by atoms with van der Waals surface area (Å²) in [6, 6.07) is 7.84. The van der Waals surface area contributed by atoms with Gasteiger partial charge < -0.3 is 4.90 Å². The minimum atomic E-state index is 0.00315. The Labute approximate surface area is 113 Å². The van der Waals surface area contributed by atoms with E-state index in [4.69, 9.17) is 0 Å². The lowest BCUT2D eigenvalue weighted by molar-refractivity contribution is 0.0793. The zero-order chi connectivity index (χ0) is 12.3. The molecule has 0 unspecified atom stereocenters. The number of carbonyl (C=O) groups is 1. The van der Waals surface area contributed by atoms with Crippen LogP contribution in [-0.2, 0) is 0 Å². The molecule has 0 fully saturated rings. The first-order valence-corrected chi connectivity index (χ1v) is 7.29. The Balaban J connectivity index is 2.24. The van der Waals surface area contributed by atoms with Gasteiger partial charge in [0.1, 0.15) is 5.69 Å². The van der Waals surface area contributed by atoms with Crippen molar-refractivity contribution >= 4 is 43.5 Å². The fourth-order valence-electron chi connectivity index (χ4n) is 1.62. The van der Waals surface area contributed by atoms with E-state index in [1.54, 1.807) is 4.90 Å². The van der Waals surface area contributed by atoms with Crippen LogP contribution in [0.4, 0.5) is 0 Å². The molecule has 0 saturated carbocycles. The van der Waals surface area contributed by atoms with E-state index < -0.39 is 0 Å². The van der Waals surface area contributed by atoms with Crippen molar-refractivity contribution in [1.29, 1.82) is 0 Å². The molecule has 0 aliphatic carbocycles. The van der Waals surface area contributed by atoms with Crippen molar-refractivity contribution in [3.8, 4) is 0 Å². The topological polar surface area (TPSA) is 33.2 Å².